The number of nitrogens with zero attached hydrogens (tertiary/aromatic N) is 5. The number of nitrogens with one attached hydrogen (secondary N) is 1. The molecule has 14 heteroatoms. The monoisotopic (exact) mass is 802 g/mol. The normalized spacial score (nSPS) is 20.7. The molecule has 0 aromatic heterocycles. The molecule has 1 atom stereocenters. The number of piperidine rings is 2. The smallest absolute Gasteiger partial charge is 0.410 e. The van der Waals surface area contributed by atoms with Crippen LogP contribution in [0.4, 0.5) is 15.3 Å². The van der Waals surface area contributed by atoms with E-state index in [1.807, 2.05) is 57.2 Å². The number of hydrogen-bond acceptors (Lipinski definition) is 7. The maximum absolute atomic E-state index is 14.0. The Hall–Kier alpha value is -3.20. The fourth-order valence-corrected chi connectivity index (χ4v) is 8.16. The molecule has 0 radical (unpaired) electrons. The number of urea groups is 1. The molecule has 4 heterocycles. The number of benzene rings is 2. The number of hydrogen-bond donors (Lipinski definition) is 2. The van der Waals surface area contributed by atoms with Crippen molar-refractivity contribution in [3.05, 3.63) is 62.5 Å². The standard InChI is InChI=1S/C35H44Br2N6O6/c36-28-6-5-24(21-29(28)37)22-31(33(46)41-12-8-26(9-13-41)40-19-17-39(18-20-40)23-32(44)45)49-35(48)42-14-10-27(11-15-42)43-16-7-25-3-1-2-4-30(25)38-34(43)47/h1-6,21,26-27,31H,7-20,22-23H2,(H,38,47)(H,44,45). The second-order valence-electron chi connectivity index (χ2n) is 13.3. The van der Waals surface area contributed by atoms with E-state index in [0.29, 0.717) is 51.6 Å². The van der Waals surface area contributed by atoms with Gasteiger partial charge in [-0.3, -0.25) is 19.4 Å². The SMILES string of the molecule is O=C(O)CN1CCN(C2CCN(C(=O)C(Cc3ccc(Br)c(Br)c3)OC(=O)N3CCC(N4CCc5ccccc5NC4=O)CC3)CC2)CC1. The number of fused-ring (bicyclic) bond motifs is 1. The summed E-state index contributed by atoms with van der Waals surface area (Å²) in [4.78, 5) is 61.5. The summed E-state index contributed by atoms with van der Waals surface area (Å²) in [7, 11) is 0. The highest BCUT2D eigenvalue weighted by atomic mass is 79.9. The third-order valence-corrected chi connectivity index (χ3v) is 12.2. The van der Waals surface area contributed by atoms with Crippen LogP contribution in [0.2, 0.25) is 0 Å². The predicted octanol–water partition coefficient (Wildman–Crippen LogP) is 4.51. The number of carbonyl (C=O) groups is 4. The van der Waals surface area contributed by atoms with E-state index in [9.17, 15) is 19.2 Å². The fraction of sp³-hybridized carbons (Fsp3) is 0.543. The molecule has 3 fully saturated rings. The van der Waals surface area contributed by atoms with Gasteiger partial charge in [-0.2, -0.15) is 0 Å². The predicted molar refractivity (Wildman–Crippen MR) is 192 cm³/mol. The number of ether oxygens (including phenoxy) is 1. The molecule has 2 N–H and O–H groups in total. The number of rotatable bonds is 8. The Labute approximate surface area is 303 Å². The van der Waals surface area contributed by atoms with Crippen molar-refractivity contribution < 1.29 is 29.0 Å². The lowest BCUT2D eigenvalue weighted by molar-refractivity contribution is -0.142. The van der Waals surface area contributed by atoms with Crippen LogP contribution in [0.15, 0.2) is 51.4 Å². The molecular weight excluding hydrogens is 760 g/mol. The van der Waals surface area contributed by atoms with E-state index < -0.39 is 18.2 Å². The van der Waals surface area contributed by atoms with Crippen LogP contribution in [-0.4, -0.2) is 137 Å². The molecule has 2 aromatic carbocycles. The third-order valence-electron chi connectivity index (χ3n) is 10.3. The van der Waals surface area contributed by atoms with Crippen molar-refractivity contribution in [3.63, 3.8) is 0 Å². The number of anilines is 1. The lowest BCUT2D eigenvalue weighted by Gasteiger charge is -2.43. The topological polar surface area (TPSA) is 126 Å². The van der Waals surface area contributed by atoms with Gasteiger partial charge in [0.05, 0.1) is 6.54 Å². The second-order valence-corrected chi connectivity index (χ2v) is 15.0. The molecule has 1 unspecified atom stereocenters. The van der Waals surface area contributed by atoms with Gasteiger partial charge in [0, 0.05) is 92.0 Å². The summed E-state index contributed by atoms with van der Waals surface area (Å²) < 4.78 is 7.79. The van der Waals surface area contributed by atoms with Crippen molar-refractivity contribution in [3.8, 4) is 0 Å². The van der Waals surface area contributed by atoms with Crippen molar-refractivity contribution in [2.24, 2.45) is 0 Å². The maximum atomic E-state index is 14.0. The quantitative estimate of drug-likeness (QED) is 0.400. The summed E-state index contributed by atoms with van der Waals surface area (Å²) >= 11 is 7.06. The van der Waals surface area contributed by atoms with Crippen molar-refractivity contribution >= 4 is 61.5 Å². The van der Waals surface area contributed by atoms with E-state index in [4.69, 9.17) is 9.84 Å². The summed E-state index contributed by atoms with van der Waals surface area (Å²) in [5.41, 5.74) is 2.85. The van der Waals surface area contributed by atoms with E-state index in [-0.39, 0.29) is 30.9 Å². The van der Waals surface area contributed by atoms with Gasteiger partial charge in [-0.1, -0.05) is 24.3 Å². The highest BCUT2D eigenvalue weighted by Gasteiger charge is 2.36. The molecular formula is C35H44Br2N6O6. The minimum Gasteiger partial charge on any atom is -0.480 e. The minimum absolute atomic E-state index is 0.0114. The third kappa shape index (κ3) is 8.94. The van der Waals surface area contributed by atoms with E-state index >= 15 is 0 Å². The van der Waals surface area contributed by atoms with Crippen LogP contribution in [0.3, 0.4) is 0 Å². The Bertz CT molecular complexity index is 1520. The highest BCUT2D eigenvalue weighted by Crippen LogP contribution is 2.28. The highest BCUT2D eigenvalue weighted by molar-refractivity contribution is 9.13. The van der Waals surface area contributed by atoms with Gasteiger partial charge >= 0.3 is 18.1 Å². The van der Waals surface area contributed by atoms with Crippen LogP contribution < -0.4 is 5.32 Å². The largest absolute Gasteiger partial charge is 0.480 e. The van der Waals surface area contributed by atoms with Gasteiger partial charge in [-0.15, -0.1) is 0 Å². The maximum Gasteiger partial charge on any atom is 0.410 e. The number of halogens is 2. The molecule has 0 saturated carbocycles. The first kappa shape index (κ1) is 35.6. The number of aliphatic carboxylic acids is 1. The van der Waals surface area contributed by atoms with Crippen LogP contribution in [0.25, 0.3) is 0 Å². The molecule has 49 heavy (non-hydrogen) atoms. The molecule has 0 aliphatic carbocycles. The zero-order chi connectivity index (χ0) is 34.5. The Morgan fingerprint density at radius 2 is 1.51 bits per heavy atom. The average molecular weight is 805 g/mol. The first-order valence-corrected chi connectivity index (χ1v) is 18.7. The van der Waals surface area contributed by atoms with E-state index in [2.05, 4.69) is 42.1 Å². The summed E-state index contributed by atoms with van der Waals surface area (Å²) in [5.74, 6) is -0.989. The Balaban J connectivity index is 1.05. The van der Waals surface area contributed by atoms with Gasteiger partial charge < -0.3 is 29.9 Å². The van der Waals surface area contributed by atoms with Crippen molar-refractivity contribution in [1.82, 2.24) is 24.5 Å². The van der Waals surface area contributed by atoms with Gasteiger partial charge in [-0.05, 0) is 93.3 Å². The lowest BCUT2D eigenvalue weighted by atomic mass is 10.0. The number of para-hydroxylation sites is 1. The van der Waals surface area contributed by atoms with Crippen molar-refractivity contribution in [2.75, 3.05) is 70.8 Å². The van der Waals surface area contributed by atoms with E-state index in [1.54, 1.807) is 4.90 Å². The second kappa shape index (κ2) is 16.2. The summed E-state index contributed by atoms with van der Waals surface area (Å²) in [6.07, 6.45) is 2.46. The molecule has 0 spiro atoms. The molecule has 4 aliphatic rings. The molecule has 0 bridgehead atoms. The summed E-state index contributed by atoms with van der Waals surface area (Å²) in [6.45, 7) is 5.80. The number of amides is 4. The van der Waals surface area contributed by atoms with Crippen LogP contribution in [0, 0.1) is 0 Å². The minimum atomic E-state index is -0.968. The van der Waals surface area contributed by atoms with Gasteiger partial charge in [0.2, 0.25) is 0 Å². The molecule has 12 nitrogen and oxygen atoms in total. The van der Waals surface area contributed by atoms with Gasteiger partial charge in [0.15, 0.2) is 6.10 Å². The van der Waals surface area contributed by atoms with Gasteiger partial charge in [0.25, 0.3) is 5.91 Å². The summed E-state index contributed by atoms with van der Waals surface area (Å²) in [6, 6.07) is 13.9. The first-order valence-electron chi connectivity index (χ1n) is 17.2. The molecule has 2 aromatic rings. The molecule has 4 amide bonds. The number of carboxylic acids is 1. The Morgan fingerprint density at radius 1 is 0.837 bits per heavy atom. The van der Waals surface area contributed by atoms with Gasteiger partial charge in [0.1, 0.15) is 0 Å². The average Bonchev–Trinajstić information content (AvgIpc) is 3.27. The first-order chi connectivity index (χ1) is 23.6. The summed E-state index contributed by atoms with van der Waals surface area (Å²) in [5, 5.41) is 12.2. The van der Waals surface area contributed by atoms with Crippen molar-refractivity contribution in [2.45, 2.75) is 56.7 Å². The van der Waals surface area contributed by atoms with E-state index in [1.165, 1.54) is 0 Å². The fourth-order valence-electron chi connectivity index (χ4n) is 7.49. The molecule has 3 saturated heterocycles. The zero-order valence-electron chi connectivity index (χ0n) is 27.6. The van der Waals surface area contributed by atoms with Gasteiger partial charge in [-0.25, -0.2) is 9.59 Å². The van der Waals surface area contributed by atoms with Crippen LogP contribution in [0.1, 0.15) is 36.8 Å². The molecule has 6 rings (SSSR count). The molecule has 264 valence electrons. The number of likely N-dealkylation sites (tertiary alicyclic amines) is 2. The van der Waals surface area contributed by atoms with Crippen LogP contribution in [-0.2, 0) is 27.2 Å². The number of carboxylic acid groups (broad SMARTS) is 1. The van der Waals surface area contributed by atoms with Crippen molar-refractivity contribution in [1.29, 1.82) is 0 Å². The van der Waals surface area contributed by atoms with Crippen LogP contribution >= 0.6 is 31.9 Å². The van der Waals surface area contributed by atoms with E-state index in [0.717, 1.165) is 71.2 Å². The lowest BCUT2D eigenvalue weighted by Crippen LogP contribution is -2.55. The zero-order valence-corrected chi connectivity index (χ0v) is 30.7. The Morgan fingerprint density at radius 3 is 2.20 bits per heavy atom. The Kier molecular flexibility index (Phi) is 11.8. The van der Waals surface area contributed by atoms with Crippen LogP contribution in [0.5, 0.6) is 0 Å². The molecule has 4 aliphatic heterocycles. The number of piperazine rings is 1. The number of carbonyl (C=O) groups excluding carboxylic acids is 3.